The Labute approximate surface area is 114 Å². The Hall–Kier alpha value is -2.24. The summed E-state index contributed by atoms with van der Waals surface area (Å²) in [4.78, 5) is 15.6. The van der Waals surface area contributed by atoms with Gasteiger partial charge in [-0.3, -0.25) is 0 Å². The summed E-state index contributed by atoms with van der Waals surface area (Å²) in [6.07, 6.45) is 0. The molecule has 0 bridgehead atoms. The monoisotopic (exact) mass is 281 g/mol. The topological polar surface area (TPSA) is 52.3 Å². The quantitative estimate of drug-likeness (QED) is 0.808. The number of halogens is 2. The van der Waals surface area contributed by atoms with Crippen molar-refractivity contribution in [3.8, 4) is 11.5 Å². The number of carbonyl (C=O) groups excluding carboxylic acids is 1. The van der Waals surface area contributed by atoms with Gasteiger partial charge in [0, 0.05) is 11.5 Å². The lowest BCUT2D eigenvalue weighted by molar-refractivity contribution is 0.0591. The molecule has 106 valence electrons. The van der Waals surface area contributed by atoms with Crippen LogP contribution < -0.4 is 0 Å². The molecule has 2 rings (SSSR count). The second-order valence-corrected chi connectivity index (χ2v) is 4.51. The molecule has 0 saturated carbocycles. The van der Waals surface area contributed by atoms with Gasteiger partial charge < -0.3 is 9.15 Å². The number of nitrogens with zero attached hydrogens (tertiary/aromatic N) is 1. The fourth-order valence-corrected chi connectivity index (χ4v) is 1.72. The van der Waals surface area contributed by atoms with Gasteiger partial charge in [-0.05, 0) is 18.2 Å². The Morgan fingerprint density at radius 1 is 1.30 bits per heavy atom. The molecule has 0 atom stereocenters. The Morgan fingerprint density at radius 2 is 2.00 bits per heavy atom. The lowest BCUT2D eigenvalue weighted by Crippen LogP contribution is -2.05. The zero-order chi connectivity index (χ0) is 14.9. The molecule has 0 fully saturated rings. The maximum absolute atomic E-state index is 13.2. The average molecular weight is 281 g/mol. The highest BCUT2D eigenvalue weighted by molar-refractivity contribution is 5.89. The molecule has 0 aliphatic rings. The fourth-order valence-electron chi connectivity index (χ4n) is 1.72. The van der Waals surface area contributed by atoms with E-state index >= 15 is 0 Å². The highest BCUT2D eigenvalue weighted by Crippen LogP contribution is 2.28. The molecule has 0 aliphatic carbocycles. The summed E-state index contributed by atoms with van der Waals surface area (Å²) in [7, 11) is 1.23. The zero-order valence-corrected chi connectivity index (χ0v) is 11.2. The van der Waals surface area contributed by atoms with Gasteiger partial charge in [0.1, 0.15) is 5.76 Å². The minimum absolute atomic E-state index is 0.0437. The minimum atomic E-state index is -1.01. The molecule has 1 heterocycles. The number of methoxy groups -OCH3 is 1. The first-order chi connectivity index (χ1) is 9.43. The number of hydrogen-bond donors (Lipinski definition) is 0. The summed E-state index contributed by atoms with van der Waals surface area (Å²) < 4.78 is 36.2. The third kappa shape index (κ3) is 2.54. The number of carbonyl (C=O) groups is 1. The van der Waals surface area contributed by atoms with Crippen LogP contribution in [0.3, 0.4) is 0 Å². The molecule has 4 nitrogen and oxygen atoms in total. The molecule has 0 unspecified atom stereocenters. The minimum Gasteiger partial charge on any atom is -0.464 e. The van der Waals surface area contributed by atoms with E-state index in [0.29, 0.717) is 5.76 Å². The first-order valence-corrected chi connectivity index (χ1v) is 5.98. The highest BCUT2D eigenvalue weighted by Gasteiger charge is 2.23. The largest absolute Gasteiger partial charge is 0.464 e. The van der Waals surface area contributed by atoms with Crippen molar-refractivity contribution in [2.24, 2.45) is 0 Å². The molecule has 0 aliphatic heterocycles. The van der Waals surface area contributed by atoms with Crippen molar-refractivity contribution in [1.82, 2.24) is 4.98 Å². The van der Waals surface area contributed by atoms with E-state index in [1.807, 2.05) is 13.8 Å². The lowest BCUT2D eigenvalue weighted by atomic mass is 10.1. The van der Waals surface area contributed by atoms with Crippen LogP contribution in [0.2, 0.25) is 0 Å². The number of oxazole rings is 1. The van der Waals surface area contributed by atoms with Gasteiger partial charge in [0.2, 0.25) is 5.89 Å². The van der Waals surface area contributed by atoms with E-state index in [1.165, 1.54) is 13.2 Å². The molecule has 0 N–H and O–H groups in total. The first kappa shape index (κ1) is 14.2. The summed E-state index contributed by atoms with van der Waals surface area (Å²) in [5.41, 5.74) is 0.295. The van der Waals surface area contributed by atoms with Crippen molar-refractivity contribution in [2.45, 2.75) is 19.8 Å². The molecule has 20 heavy (non-hydrogen) atoms. The molecule has 0 spiro atoms. The van der Waals surface area contributed by atoms with Crippen molar-refractivity contribution < 1.29 is 22.7 Å². The van der Waals surface area contributed by atoms with Crippen LogP contribution in [0.15, 0.2) is 22.6 Å². The number of hydrogen-bond acceptors (Lipinski definition) is 4. The van der Waals surface area contributed by atoms with Gasteiger partial charge >= 0.3 is 5.97 Å². The molecular weight excluding hydrogens is 268 g/mol. The average Bonchev–Trinajstić information content (AvgIpc) is 2.86. The smallest absolute Gasteiger partial charge is 0.360 e. The summed E-state index contributed by atoms with van der Waals surface area (Å²) in [6, 6.07) is 3.27. The van der Waals surface area contributed by atoms with E-state index in [1.54, 1.807) is 0 Å². The van der Waals surface area contributed by atoms with Crippen LogP contribution in [0.1, 0.15) is 36.0 Å². The summed E-state index contributed by atoms with van der Waals surface area (Å²) in [5, 5.41) is 0. The van der Waals surface area contributed by atoms with E-state index in [2.05, 4.69) is 9.72 Å². The number of esters is 1. The van der Waals surface area contributed by atoms with Crippen molar-refractivity contribution in [3.63, 3.8) is 0 Å². The van der Waals surface area contributed by atoms with Crippen molar-refractivity contribution in [3.05, 3.63) is 41.3 Å². The van der Waals surface area contributed by atoms with Crippen LogP contribution in [0.4, 0.5) is 8.78 Å². The normalized spacial score (nSPS) is 10.9. The van der Waals surface area contributed by atoms with Crippen LogP contribution in [-0.2, 0) is 4.74 Å². The van der Waals surface area contributed by atoms with Crippen molar-refractivity contribution in [2.75, 3.05) is 7.11 Å². The third-order valence-electron chi connectivity index (χ3n) is 2.72. The second-order valence-electron chi connectivity index (χ2n) is 4.51. The number of rotatable bonds is 3. The predicted octanol–water partition coefficient (Wildman–Crippen LogP) is 3.53. The van der Waals surface area contributed by atoms with E-state index in [0.717, 1.165) is 12.1 Å². The zero-order valence-electron chi connectivity index (χ0n) is 11.2. The Morgan fingerprint density at radius 3 is 2.55 bits per heavy atom. The summed E-state index contributed by atoms with van der Waals surface area (Å²) in [5.74, 6) is -2.31. The number of aromatic nitrogens is 1. The van der Waals surface area contributed by atoms with Crippen molar-refractivity contribution in [1.29, 1.82) is 0 Å². The van der Waals surface area contributed by atoms with Gasteiger partial charge in [-0.2, -0.15) is 0 Å². The van der Waals surface area contributed by atoms with E-state index in [4.69, 9.17) is 4.42 Å². The maximum Gasteiger partial charge on any atom is 0.360 e. The van der Waals surface area contributed by atoms with Crippen LogP contribution in [-0.4, -0.2) is 18.1 Å². The Bertz CT molecular complexity index is 650. The van der Waals surface area contributed by atoms with Gasteiger partial charge in [-0.15, -0.1) is 0 Å². The molecule has 0 radical (unpaired) electrons. The van der Waals surface area contributed by atoms with Crippen molar-refractivity contribution >= 4 is 5.97 Å². The SMILES string of the molecule is COC(=O)c1nc(-c2ccc(F)c(F)c2)oc1C(C)C. The van der Waals surface area contributed by atoms with Gasteiger partial charge in [0.05, 0.1) is 7.11 Å². The fraction of sp³-hybridized carbons (Fsp3) is 0.286. The Kier molecular flexibility index (Phi) is 3.83. The van der Waals surface area contributed by atoms with Gasteiger partial charge in [-0.25, -0.2) is 18.6 Å². The maximum atomic E-state index is 13.2. The second kappa shape index (κ2) is 5.40. The molecule has 2 aromatic rings. The van der Waals surface area contributed by atoms with Gasteiger partial charge in [-0.1, -0.05) is 13.8 Å². The van der Waals surface area contributed by atoms with Crippen LogP contribution in [0.5, 0.6) is 0 Å². The van der Waals surface area contributed by atoms with E-state index in [-0.39, 0.29) is 23.1 Å². The predicted molar refractivity (Wildman–Crippen MR) is 67.3 cm³/mol. The van der Waals surface area contributed by atoms with E-state index in [9.17, 15) is 13.6 Å². The van der Waals surface area contributed by atoms with Crippen LogP contribution >= 0.6 is 0 Å². The molecular formula is C14H13F2NO3. The van der Waals surface area contributed by atoms with Crippen LogP contribution in [0.25, 0.3) is 11.5 Å². The summed E-state index contributed by atoms with van der Waals surface area (Å²) >= 11 is 0. The van der Waals surface area contributed by atoms with Crippen LogP contribution in [0, 0.1) is 11.6 Å². The highest BCUT2D eigenvalue weighted by atomic mass is 19.2. The first-order valence-electron chi connectivity index (χ1n) is 5.98. The molecule has 0 saturated heterocycles. The van der Waals surface area contributed by atoms with Gasteiger partial charge in [0.25, 0.3) is 0 Å². The molecule has 0 amide bonds. The van der Waals surface area contributed by atoms with E-state index < -0.39 is 17.6 Å². The third-order valence-corrected chi connectivity index (χ3v) is 2.72. The molecule has 6 heteroatoms. The summed E-state index contributed by atoms with van der Waals surface area (Å²) in [6.45, 7) is 3.64. The lowest BCUT2D eigenvalue weighted by Gasteiger charge is -2.01. The standard InChI is InChI=1S/C14H13F2NO3/c1-7(2)12-11(14(18)19-3)17-13(20-12)8-4-5-9(15)10(16)6-8/h4-7H,1-3H3. The molecule has 1 aromatic heterocycles. The number of benzene rings is 1. The number of ether oxygens (including phenoxy) is 1. The Balaban J connectivity index is 2.52. The van der Waals surface area contributed by atoms with Gasteiger partial charge in [0.15, 0.2) is 17.3 Å². The molecule has 1 aromatic carbocycles.